The molecule has 0 radical (unpaired) electrons. The number of likely N-dealkylation sites (tertiary alicyclic amines) is 1. The van der Waals surface area contributed by atoms with Crippen LogP contribution in [0, 0.1) is 0 Å². The van der Waals surface area contributed by atoms with Crippen molar-refractivity contribution in [1.29, 1.82) is 0 Å². The molecule has 0 saturated carbocycles. The Bertz CT molecular complexity index is 1040. The third-order valence-corrected chi connectivity index (χ3v) is 4.90. The first kappa shape index (κ1) is 19.6. The Labute approximate surface area is 172 Å². The first-order valence-corrected chi connectivity index (χ1v) is 9.64. The molecular weight excluding hydrogens is 388 g/mol. The molecule has 0 atom stereocenters. The van der Waals surface area contributed by atoms with Crippen molar-refractivity contribution in [2.75, 3.05) is 18.8 Å². The minimum Gasteiger partial charge on any atom is -0.378 e. The van der Waals surface area contributed by atoms with E-state index in [4.69, 9.17) is 5.73 Å². The van der Waals surface area contributed by atoms with Gasteiger partial charge in [0.25, 0.3) is 5.91 Å². The topological polar surface area (TPSA) is 153 Å². The number of anilines is 1. The van der Waals surface area contributed by atoms with Gasteiger partial charge in [0.15, 0.2) is 5.69 Å². The highest BCUT2D eigenvalue weighted by atomic mass is 16.6. The fraction of sp³-hybridized carbons (Fsp3) is 0.389. The van der Waals surface area contributed by atoms with Crippen molar-refractivity contribution in [2.45, 2.75) is 32.7 Å². The Morgan fingerprint density at radius 1 is 1.30 bits per heavy atom. The van der Waals surface area contributed by atoms with E-state index in [1.54, 1.807) is 25.4 Å². The average molecular weight is 410 g/mol. The quantitative estimate of drug-likeness (QED) is 0.443. The molecule has 3 aromatic rings. The summed E-state index contributed by atoms with van der Waals surface area (Å²) in [4.78, 5) is 19.1. The first-order valence-electron chi connectivity index (χ1n) is 9.64. The first-order chi connectivity index (χ1) is 14.6. The van der Waals surface area contributed by atoms with Crippen LogP contribution in [-0.2, 0) is 6.54 Å². The van der Waals surface area contributed by atoms with Crippen LogP contribution in [0.4, 0.5) is 5.82 Å². The fourth-order valence-electron chi connectivity index (χ4n) is 3.29. The van der Waals surface area contributed by atoms with Crippen molar-refractivity contribution < 1.29 is 9.42 Å². The van der Waals surface area contributed by atoms with Gasteiger partial charge >= 0.3 is 0 Å². The molecule has 0 aromatic carbocycles. The van der Waals surface area contributed by atoms with Gasteiger partial charge in [0, 0.05) is 24.5 Å². The van der Waals surface area contributed by atoms with Crippen LogP contribution >= 0.6 is 0 Å². The van der Waals surface area contributed by atoms with Crippen LogP contribution in [0.3, 0.4) is 0 Å². The van der Waals surface area contributed by atoms with E-state index in [0.29, 0.717) is 18.0 Å². The van der Waals surface area contributed by atoms with Crippen LogP contribution in [0.1, 0.15) is 47.9 Å². The normalized spacial score (nSPS) is 15.3. The molecule has 1 amide bonds. The lowest BCUT2D eigenvalue weighted by Gasteiger charge is -2.26. The van der Waals surface area contributed by atoms with Crippen LogP contribution < -0.4 is 11.2 Å². The van der Waals surface area contributed by atoms with Crippen molar-refractivity contribution in [3.63, 3.8) is 0 Å². The lowest BCUT2D eigenvalue weighted by atomic mass is 10.1. The van der Waals surface area contributed by atoms with E-state index in [9.17, 15) is 4.79 Å². The van der Waals surface area contributed by atoms with Crippen molar-refractivity contribution in [2.24, 2.45) is 5.10 Å². The number of hydrazone groups is 1. The number of carbonyl (C=O) groups is 1. The van der Waals surface area contributed by atoms with Gasteiger partial charge in [-0.25, -0.2) is 10.1 Å². The van der Waals surface area contributed by atoms with E-state index < -0.39 is 5.91 Å². The molecule has 3 N–H and O–H groups in total. The number of nitrogens with two attached hydrogens (primary N) is 1. The standard InChI is InChI=1S/C18H22N10O2/c1-12(13-6-5-7-20-10-13)21-23-18(29)15-14(11-27-8-3-2-4-9-27)28(26-22-15)17-16(19)24-30-25-17/h5-7,10H,2-4,8-9,11H2,1H3,(H2,19,24)(H,23,29)/b21-12-. The third kappa shape index (κ3) is 4.17. The molecule has 12 nitrogen and oxygen atoms in total. The number of pyridine rings is 1. The minimum absolute atomic E-state index is 0.0668. The molecule has 1 fully saturated rings. The number of amides is 1. The van der Waals surface area contributed by atoms with E-state index in [0.717, 1.165) is 31.5 Å². The molecule has 30 heavy (non-hydrogen) atoms. The SMILES string of the molecule is C/C(=N/NC(=O)c1nnn(-c2nonc2N)c1CN1CCCCC1)c1cccnc1. The molecule has 3 aromatic heterocycles. The lowest BCUT2D eigenvalue weighted by molar-refractivity contribution is 0.0947. The molecule has 0 aliphatic carbocycles. The number of nitrogens with one attached hydrogen (secondary N) is 1. The third-order valence-electron chi connectivity index (χ3n) is 4.90. The summed E-state index contributed by atoms with van der Waals surface area (Å²) in [7, 11) is 0. The van der Waals surface area contributed by atoms with Gasteiger partial charge in [-0.2, -0.15) is 9.78 Å². The second kappa shape index (κ2) is 8.78. The Hall–Kier alpha value is -3.67. The summed E-state index contributed by atoms with van der Waals surface area (Å²) < 4.78 is 6.08. The van der Waals surface area contributed by atoms with Crippen molar-refractivity contribution in [1.82, 2.24) is 40.6 Å². The molecule has 0 bridgehead atoms. The average Bonchev–Trinajstić information content (AvgIpc) is 3.39. The predicted octanol–water partition coefficient (Wildman–Crippen LogP) is 0.767. The number of hydrogen-bond donors (Lipinski definition) is 2. The molecule has 1 aliphatic heterocycles. The van der Waals surface area contributed by atoms with Crippen molar-refractivity contribution >= 4 is 17.4 Å². The smallest absolute Gasteiger partial charge is 0.293 e. The molecule has 0 spiro atoms. The maximum Gasteiger partial charge on any atom is 0.293 e. The highest BCUT2D eigenvalue weighted by Crippen LogP contribution is 2.19. The van der Waals surface area contributed by atoms with Crippen molar-refractivity contribution in [3.05, 3.63) is 41.5 Å². The number of piperidine rings is 1. The van der Waals surface area contributed by atoms with Gasteiger partial charge in [0.2, 0.25) is 11.6 Å². The highest BCUT2D eigenvalue weighted by Gasteiger charge is 2.26. The Morgan fingerprint density at radius 2 is 2.13 bits per heavy atom. The number of nitrogen functional groups attached to an aromatic ring is 1. The van der Waals surface area contributed by atoms with Gasteiger partial charge in [0.05, 0.1) is 11.4 Å². The van der Waals surface area contributed by atoms with Crippen LogP contribution in [0.25, 0.3) is 5.82 Å². The second-order valence-electron chi connectivity index (χ2n) is 6.99. The Kier molecular flexibility index (Phi) is 5.75. The second-order valence-corrected chi connectivity index (χ2v) is 6.99. The summed E-state index contributed by atoms with van der Waals surface area (Å²) in [5.74, 6) is -0.215. The summed E-state index contributed by atoms with van der Waals surface area (Å²) in [6.45, 7) is 4.10. The monoisotopic (exact) mass is 410 g/mol. The van der Waals surface area contributed by atoms with Gasteiger partial charge < -0.3 is 5.73 Å². The van der Waals surface area contributed by atoms with Gasteiger partial charge in [-0.15, -0.1) is 5.10 Å². The largest absolute Gasteiger partial charge is 0.378 e. The Morgan fingerprint density at radius 3 is 2.83 bits per heavy atom. The predicted molar refractivity (Wildman–Crippen MR) is 107 cm³/mol. The van der Waals surface area contributed by atoms with E-state index in [2.05, 4.69) is 45.7 Å². The molecule has 1 saturated heterocycles. The number of nitrogens with zero attached hydrogens (tertiary/aromatic N) is 8. The van der Waals surface area contributed by atoms with E-state index in [-0.39, 0.29) is 17.3 Å². The maximum atomic E-state index is 12.9. The number of aromatic nitrogens is 6. The number of hydrogen-bond acceptors (Lipinski definition) is 10. The zero-order valence-corrected chi connectivity index (χ0v) is 16.5. The molecule has 12 heteroatoms. The number of carbonyl (C=O) groups excluding carboxylic acids is 1. The highest BCUT2D eigenvalue weighted by molar-refractivity contribution is 6.00. The van der Waals surface area contributed by atoms with Crippen LogP contribution in [0.5, 0.6) is 0 Å². The molecule has 4 rings (SSSR count). The zero-order valence-electron chi connectivity index (χ0n) is 16.5. The molecule has 4 heterocycles. The molecule has 156 valence electrons. The van der Waals surface area contributed by atoms with Gasteiger partial charge in [-0.05, 0) is 49.2 Å². The Balaban J connectivity index is 1.61. The molecular formula is C18H22N10O2. The van der Waals surface area contributed by atoms with Crippen LogP contribution in [-0.4, -0.2) is 59.9 Å². The van der Waals surface area contributed by atoms with Gasteiger partial charge in [-0.1, -0.05) is 17.7 Å². The van der Waals surface area contributed by atoms with Crippen LogP contribution in [0.15, 0.2) is 34.3 Å². The summed E-state index contributed by atoms with van der Waals surface area (Å²) in [6.07, 6.45) is 6.74. The van der Waals surface area contributed by atoms with E-state index in [1.807, 2.05) is 6.07 Å². The molecule has 0 unspecified atom stereocenters. The molecule has 1 aliphatic rings. The zero-order chi connectivity index (χ0) is 20.9. The maximum absolute atomic E-state index is 12.9. The van der Waals surface area contributed by atoms with E-state index >= 15 is 0 Å². The lowest BCUT2D eigenvalue weighted by Crippen LogP contribution is -2.31. The summed E-state index contributed by atoms with van der Waals surface area (Å²) in [6, 6.07) is 3.66. The fourth-order valence-corrected chi connectivity index (χ4v) is 3.29. The number of rotatable bonds is 6. The summed E-state index contributed by atoms with van der Waals surface area (Å²) >= 11 is 0. The van der Waals surface area contributed by atoms with Crippen molar-refractivity contribution in [3.8, 4) is 5.82 Å². The van der Waals surface area contributed by atoms with Gasteiger partial charge in [0.1, 0.15) is 0 Å². The van der Waals surface area contributed by atoms with E-state index in [1.165, 1.54) is 11.1 Å². The summed E-state index contributed by atoms with van der Waals surface area (Å²) in [5.41, 5.74) is 10.5. The minimum atomic E-state index is -0.480. The van der Waals surface area contributed by atoms with Gasteiger partial charge in [-0.3, -0.25) is 14.7 Å². The van der Waals surface area contributed by atoms with Crippen LogP contribution in [0.2, 0.25) is 0 Å². The summed E-state index contributed by atoms with van der Waals surface area (Å²) in [5, 5.41) is 19.7.